The maximum Gasteiger partial charge on any atom is 0.287 e. The van der Waals surface area contributed by atoms with Crippen molar-refractivity contribution in [2.75, 3.05) is 19.3 Å². The van der Waals surface area contributed by atoms with Gasteiger partial charge in [0.05, 0.1) is 17.2 Å². The number of fused-ring (bicyclic) bond motifs is 1. The Kier molecular flexibility index (Phi) is 4.88. The van der Waals surface area contributed by atoms with E-state index >= 15 is 0 Å². The molecule has 2 aromatic rings. The summed E-state index contributed by atoms with van der Waals surface area (Å²) in [6.07, 6.45) is 1.49. The summed E-state index contributed by atoms with van der Waals surface area (Å²) in [6, 6.07) is 6.72. The number of carbonyl (C=O) groups is 1. The van der Waals surface area contributed by atoms with Crippen molar-refractivity contribution in [2.24, 2.45) is 0 Å². The second-order valence-electron chi connectivity index (χ2n) is 4.71. The van der Waals surface area contributed by atoms with Crippen molar-refractivity contribution in [1.29, 1.82) is 0 Å². The second-order valence-corrected chi connectivity index (χ2v) is 6.54. The van der Waals surface area contributed by atoms with E-state index in [1.165, 1.54) is 0 Å². The van der Waals surface area contributed by atoms with Crippen molar-refractivity contribution < 1.29 is 13.2 Å². The van der Waals surface area contributed by atoms with Crippen molar-refractivity contribution in [1.82, 2.24) is 20.0 Å². The Labute approximate surface area is 127 Å². The Bertz CT molecular complexity index is 844. The van der Waals surface area contributed by atoms with Crippen LogP contribution in [0.2, 0.25) is 0 Å². The topological polar surface area (TPSA) is 121 Å². The van der Waals surface area contributed by atoms with Crippen LogP contribution in [-0.2, 0) is 10.0 Å². The van der Waals surface area contributed by atoms with E-state index in [9.17, 15) is 18.0 Å². The van der Waals surface area contributed by atoms with E-state index in [-0.39, 0.29) is 24.5 Å². The lowest BCUT2D eigenvalue weighted by Gasteiger charge is -2.06. The van der Waals surface area contributed by atoms with Crippen molar-refractivity contribution >= 4 is 26.8 Å². The maximum absolute atomic E-state index is 11.9. The zero-order valence-electron chi connectivity index (χ0n) is 11.9. The van der Waals surface area contributed by atoms with Gasteiger partial charge in [0, 0.05) is 13.1 Å². The highest BCUT2D eigenvalue weighted by Gasteiger charge is 2.10. The molecule has 1 amide bonds. The van der Waals surface area contributed by atoms with Crippen LogP contribution in [0.4, 0.5) is 0 Å². The van der Waals surface area contributed by atoms with E-state index in [1.807, 2.05) is 0 Å². The van der Waals surface area contributed by atoms with Crippen molar-refractivity contribution in [3.05, 3.63) is 40.4 Å². The molecule has 118 valence electrons. The van der Waals surface area contributed by atoms with E-state index in [4.69, 9.17) is 0 Å². The Hall–Kier alpha value is -2.26. The number of para-hydroxylation sites is 1. The minimum absolute atomic E-state index is 0.0697. The number of nitrogens with zero attached hydrogens (tertiary/aromatic N) is 1. The van der Waals surface area contributed by atoms with Crippen LogP contribution in [0.3, 0.4) is 0 Å². The average Bonchev–Trinajstić information content (AvgIpc) is 2.45. The molecular formula is C13H16N4O4S. The molecule has 0 atom stereocenters. The lowest BCUT2D eigenvalue weighted by molar-refractivity contribution is 0.0943. The predicted molar refractivity (Wildman–Crippen MR) is 82.2 cm³/mol. The number of aromatic nitrogens is 2. The summed E-state index contributed by atoms with van der Waals surface area (Å²) in [5, 5.41) is 2.98. The van der Waals surface area contributed by atoms with Gasteiger partial charge in [-0.2, -0.15) is 0 Å². The zero-order chi connectivity index (χ0) is 16.2. The largest absolute Gasteiger partial charge is 0.349 e. The van der Waals surface area contributed by atoms with E-state index in [0.717, 1.165) is 6.26 Å². The minimum atomic E-state index is -3.23. The number of carbonyl (C=O) groups excluding carboxylic acids is 1. The Morgan fingerprint density at radius 3 is 2.73 bits per heavy atom. The number of nitrogens with one attached hydrogen (secondary N) is 3. The third kappa shape index (κ3) is 4.37. The smallest absolute Gasteiger partial charge is 0.287 e. The van der Waals surface area contributed by atoms with Gasteiger partial charge in [-0.25, -0.2) is 18.1 Å². The first-order valence-corrected chi connectivity index (χ1v) is 8.48. The van der Waals surface area contributed by atoms with Gasteiger partial charge in [-0.15, -0.1) is 0 Å². The quantitative estimate of drug-likeness (QED) is 0.624. The van der Waals surface area contributed by atoms with Crippen LogP contribution in [-0.4, -0.2) is 43.6 Å². The van der Waals surface area contributed by atoms with Gasteiger partial charge in [0.1, 0.15) is 0 Å². The highest BCUT2D eigenvalue weighted by Crippen LogP contribution is 2.05. The highest BCUT2D eigenvalue weighted by atomic mass is 32.2. The zero-order valence-corrected chi connectivity index (χ0v) is 12.7. The normalized spacial score (nSPS) is 11.5. The molecule has 0 bridgehead atoms. The van der Waals surface area contributed by atoms with Crippen LogP contribution in [0.25, 0.3) is 10.9 Å². The number of hydrogen-bond acceptors (Lipinski definition) is 5. The lowest BCUT2D eigenvalue weighted by atomic mass is 10.2. The molecule has 0 unspecified atom stereocenters. The number of hydrogen-bond donors (Lipinski definition) is 3. The molecule has 1 heterocycles. The summed E-state index contributed by atoms with van der Waals surface area (Å²) >= 11 is 0. The third-order valence-corrected chi connectivity index (χ3v) is 3.56. The molecular weight excluding hydrogens is 308 g/mol. The van der Waals surface area contributed by atoms with Gasteiger partial charge in [-0.05, 0) is 18.6 Å². The fraction of sp³-hybridized carbons (Fsp3) is 0.308. The van der Waals surface area contributed by atoms with Crippen LogP contribution in [0, 0.1) is 0 Å². The minimum Gasteiger partial charge on any atom is -0.349 e. The Morgan fingerprint density at radius 2 is 2.00 bits per heavy atom. The SMILES string of the molecule is CS(=O)(=O)NCCCNC(=O)c1nc2ccccc2c(=O)[nH]1. The molecule has 3 N–H and O–H groups in total. The summed E-state index contributed by atoms with van der Waals surface area (Å²) in [6.45, 7) is 0.485. The number of benzene rings is 1. The fourth-order valence-electron chi connectivity index (χ4n) is 1.83. The molecule has 0 fully saturated rings. The number of amides is 1. The molecule has 0 aliphatic rings. The monoisotopic (exact) mass is 324 g/mol. The molecule has 0 aliphatic heterocycles. The molecule has 0 saturated heterocycles. The van der Waals surface area contributed by atoms with Crippen LogP contribution in [0.1, 0.15) is 17.0 Å². The third-order valence-electron chi connectivity index (χ3n) is 2.83. The summed E-state index contributed by atoms with van der Waals surface area (Å²) < 4.78 is 24.0. The lowest BCUT2D eigenvalue weighted by Crippen LogP contribution is -2.31. The van der Waals surface area contributed by atoms with Crippen molar-refractivity contribution in [3.63, 3.8) is 0 Å². The van der Waals surface area contributed by atoms with E-state index in [2.05, 4.69) is 20.0 Å². The average molecular weight is 324 g/mol. The number of aromatic amines is 1. The van der Waals surface area contributed by atoms with Crippen LogP contribution < -0.4 is 15.6 Å². The summed E-state index contributed by atoms with van der Waals surface area (Å²) in [4.78, 5) is 30.3. The van der Waals surface area contributed by atoms with Gasteiger partial charge in [-0.3, -0.25) is 9.59 Å². The van der Waals surface area contributed by atoms with Crippen molar-refractivity contribution in [3.8, 4) is 0 Å². The van der Waals surface area contributed by atoms with E-state index in [0.29, 0.717) is 17.3 Å². The van der Waals surface area contributed by atoms with Gasteiger partial charge in [0.25, 0.3) is 11.5 Å². The van der Waals surface area contributed by atoms with Gasteiger partial charge in [0.2, 0.25) is 10.0 Å². The molecule has 0 radical (unpaired) electrons. The molecule has 1 aromatic heterocycles. The Morgan fingerprint density at radius 1 is 1.27 bits per heavy atom. The molecule has 2 rings (SSSR count). The molecule has 22 heavy (non-hydrogen) atoms. The second kappa shape index (κ2) is 6.67. The summed E-state index contributed by atoms with van der Waals surface area (Å²) in [7, 11) is -3.23. The number of H-pyrrole nitrogens is 1. The number of sulfonamides is 1. The van der Waals surface area contributed by atoms with Crippen LogP contribution in [0.15, 0.2) is 29.1 Å². The first kappa shape index (κ1) is 16.1. The first-order chi connectivity index (χ1) is 10.4. The van der Waals surface area contributed by atoms with Gasteiger partial charge in [-0.1, -0.05) is 12.1 Å². The standard InChI is InChI=1S/C13H16N4O4S/c1-22(20,21)15-8-4-7-14-13(19)11-16-10-6-3-2-5-9(10)12(18)17-11/h2-3,5-6,15H,4,7-8H2,1H3,(H,14,19)(H,16,17,18). The van der Waals surface area contributed by atoms with Crippen molar-refractivity contribution in [2.45, 2.75) is 6.42 Å². The molecule has 1 aromatic carbocycles. The molecule has 8 nitrogen and oxygen atoms in total. The van der Waals surface area contributed by atoms with Gasteiger partial charge >= 0.3 is 0 Å². The van der Waals surface area contributed by atoms with Crippen LogP contribution in [0.5, 0.6) is 0 Å². The summed E-state index contributed by atoms with van der Waals surface area (Å²) in [5.74, 6) is -0.581. The Balaban J connectivity index is 1.97. The predicted octanol–water partition coefficient (Wildman–Crippen LogP) is -0.408. The fourth-order valence-corrected chi connectivity index (χ4v) is 2.34. The van der Waals surface area contributed by atoms with E-state index < -0.39 is 15.9 Å². The molecule has 0 spiro atoms. The number of rotatable bonds is 6. The van der Waals surface area contributed by atoms with Gasteiger partial charge < -0.3 is 10.3 Å². The highest BCUT2D eigenvalue weighted by molar-refractivity contribution is 7.88. The summed E-state index contributed by atoms with van der Waals surface area (Å²) in [5.41, 5.74) is 0.0598. The van der Waals surface area contributed by atoms with Gasteiger partial charge in [0.15, 0.2) is 5.82 Å². The van der Waals surface area contributed by atoms with E-state index in [1.54, 1.807) is 24.3 Å². The first-order valence-electron chi connectivity index (χ1n) is 6.59. The van der Waals surface area contributed by atoms with Crippen LogP contribution >= 0.6 is 0 Å². The molecule has 0 aliphatic carbocycles. The molecule has 9 heteroatoms. The maximum atomic E-state index is 11.9. The molecule has 0 saturated carbocycles.